The zero-order chi connectivity index (χ0) is 10.4. The van der Waals surface area contributed by atoms with Crippen molar-refractivity contribution in [3.05, 3.63) is 17.8 Å². The Morgan fingerprint density at radius 2 is 2.36 bits per heavy atom. The number of hydrogen-bond acceptors (Lipinski definition) is 3. The van der Waals surface area contributed by atoms with Gasteiger partial charge in [0.25, 0.3) is 0 Å². The Labute approximate surface area is 82.9 Å². The maximum Gasteiger partial charge on any atom is 0.315 e. The van der Waals surface area contributed by atoms with Crippen LogP contribution in [0.2, 0.25) is 0 Å². The second-order valence-corrected chi connectivity index (χ2v) is 2.97. The molecule has 0 aliphatic heterocycles. The number of carbonyl (C=O) groups is 1. The first-order valence-corrected chi connectivity index (χ1v) is 4.64. The molecule has 0 fully saturated rings. The highest BCUT2D eigenvalue weighted by Crippen LogP contribution is 2.03. The van der Waals surface area contributed by atoms with Crippen LogP contribution in [0.4, 0.5) is 4.79 Å². The highest BCUT2D eigenvalue weighted by molar-refractivity contribution is 5.73. The van der Waals surface area contributed by atoms with Gasteiger partial charge in [0.05, 0.1) is 12.2 Å². The summed E-state index contributed by atoms with van der Waals surface area (Å²) in [5.74, 6) is 0.691. The van der Waals surface area contributed by atoms with E-state index < -0.39 is 0 Å². The standard InChI is InChI=1S/C9H15N3O2/c1-3-4-10-9(13)11-5-8-7(2)12-6-14-8/h6H,3-5H2,1-2H3,(H2,10,11,13). The number of rotatable bonds is 4. The molecule has 1 rings (SSSR count). The van der Waals surface area contributed by atoms with E-state index in [2.05, 4.69) is 15.6 Å². The topological polar surface area (TPSA) is 67.2 Å². The Balaban J connectivity index is 2.27. The molecule has 78 valence electrons. The second kappa shape index (κ2) is 5.26. The summed E-state index contributed by atoms with van der Waals surface area (Å²) in [5, 5.41) is 5.38. The molecule has 5 nitrogen and oxygen atoms in total. The molecule has 0 spiro atoms. The van der Waals surface area contributed by atoms with Crippen molar-refractivity contribution in [3.8, 4) is 0 Å². The van der Waals surface area contributed by atoms with Crippen LogP contribution >= 0.6 is 0 Å². The molecule has 2 amide bonds. The molecule has 0 aliphatic carbocycles. The van der Waals surface area contributed by atoms with Crippen molar-refractivity contribution in [1.82, 2.24) is 15.6 Å². The van der Waals surface area contributed by atoms with Crippen molar-refractivity contribution < 1.29 is 9.21 Å². The molecule has 14 heavy (non-hydrogen) atoms. The quantitative estimate of drug-likeness (QED) is 0.762. The van der Waals surface area contributed by atoms with Gasteiger partial charge in [-0.1, -0.05) is 6.92 Å². The summed E-state index contributed by atoms with van der Waals surface area (Å²) in [6, 6.07) is -0.178. The van der Waals surface area contributed by atoms with Crippen molar-refractivity contribution in [2.45, 2.75) is 26.8 Å². The molecular weight excluding hydrogens is 182 g/mol. The summed E-state index contributed by atoms with van der Waals surface area (Å²) in [7, 11) is 0. The fourth-order valence-corrected chi connectivity index (χ4v) is 0.957. The Kier molecular flexibility index (Phi) is 3.97. The third kappa shape index (κ3) is 3.08. The molecule has 0 radical (unpaired) electrons. The van der Waals surface area contributed by atoms with Crippen LogP contribution in [0.5, 0.6) is 0 Å². The van der Waals surface area contributed by atoms with E-state index in [0.717, 1.165) is 12.1 Å². The van der Waals surface area contributed by atoms with Gasteiger partial charge in [0.1, 0.15) is 5.76 Å². The molecule has 2 N–H and O–H groups in total. The fraction of sp³-hybridized carbons (Fsp3) is 0.556. The molecule has 0 saturated carbocycles. The summed E-state index contributed by atoms with van der Waals surface area (Å²) in [5.41, 5.74) is 0.806. The zero-order valence-electron chi connectivity index (χ0n) is 8.46. The van der Waals surface area contributed by atoms with Crippen molar-refractivity contribution in [2.75, 3.05) is 6.54 Å². The van der Waals surface area contributed by atoms with E-state index in [4.69, 9.17) is 4.42 Å². The van der Waals surface area contributed by atoms with E-state index in [-0.39, 0.29) is 6.03 Å². The molecule has 5 heteroatoms. The van der Waals surface area contributed by atoms with Crippen molar-refractivity contribution >= 4 is 6.03 Å². The summed E-state index contributed by atoms with van der Waals surface area (Å²) in [6.07, 6.45) is 2.30. The van der Waals surface area contributed by atoms with Crippen LogP contribution in [0.3, 0.4) is 0 Å². The third-order valence-electron chi connectivity index (χ3n) is 1.79. The summed E-state index contributed by atoms with van der Waals surface area (Å²) < 4.78 is 5.07. The summed E-state index contributed by atoms with van der Waals surface area (Å²) in [4.78, 5) is 15.0. The highest BCUT2D eigenvalue weighted by Gasteiger charge is 2.04. The molecule has 0 saturated heterocycles. The van der Waals surface area contributed by atoms with Crippen LogP contribution in [-0.2, 0) is 6.54 Å². The lowest BCUT2D eigenvalue weighted by molar-refractivity contribution is 0.239. The maximum absolute atomic E-state index is 11.1. The molecule has 1 aromatic heterocycles. The lowest BCUT2D eigenvalue weighted by atomic mass is 10.4. The molecule has 0 aromatic carbocycles. The maximum atomic E-state index is 11.1. The normalized spacial score (nSPS) is 9.86. The molecule has 0 unspecified atom stereocenters. The van der Waals surface area contributed by atoms with Crippen LogP contribution in [-0.4, -0.2) is 17.6 Å². The second-order valence-electron chi connectivity index (χ2n) is 2.97. The summed E-state index contributed by atoms with van der Waals surface area (Å²) >= 11 is 0. The third-order valence-corrected chi connectivity index (χ3v) is 1.79. The number of amides is 2. The molecule has 1 aromatic rings. The minimum atomic E-state index is -0.178. The van der Waals surface area contributed by atoms with Gasteiger partial charge < -0.3 is 15.1 Å². The van der Waals surface area contributed by atoms with Gasteiger partial charge in [0.15, 0.2) is 6.39 Å². The lowest BCUT2D eigenvalue weighted by Gasteiger charge is -2.04. The van der Waals surface area contributed by atoms with E-state index in [1.54, 1.807) is 0 Å². The number of aryl methyl sites for hydroxylation is 1. The number of nitrogens with one attached hydrogen (secondary N) is 2. The number of aromatic nitrogens is 1. The monoisotopic (exact) mass is 197 g/mol. The van der Waals surface area contributed by atoms with Gasteiger partial charge in [-0.15, -0.1) is 0 Å². The molecule has 0 bridgehead atoms. The largest absolute Gasteiger partial charge is 0.446 e. The van der Waals surface area contributed by atoms with Crippen LogP contribution in [0.25, 0.3) is 0 Å². The number of urea groups is 1. The minimum absolute atomic E-state index is 0.178. The Morgan fingerprint density at radius 3 is 2.93 bits per heavy atom. The minimum Gasteiger partial charge on any atom is -0.446 e. The number of hydrogen-bond donors (Lipinski definition) is 2. The van der Waals surface area contributed by atoms with Gasteiger partial charge in [-0.25, -0.2) is 9.78 Å². The first kappa shape index (κ1) is 10.6. The fourth-order valence-electron chi connectivity index (χ4n) is 0.957. The van der Waals surface area contributed by atoms with Gasteiger partial charge in [-0.05, 0) is 13.3 Å². The van der Waals surface area contributed by atoms with Crippen molar-refractivity contribution in [1.29, 1.82) is 0 Å². The lowest BCUT2D eigenvalue weighted by Crippen LogP contribution is -2.35. The first-order valence-electron chi connectivity index (χ1n) is 4.64. The number of nitrogens with zero attached hydrogens (tertiary/aromatic N) is 1. The van der Waals surface area contributed by atoms with Gasteiger partial charge >= 0.3 is 6.03 Å². The van der Waals surface area contributed by atoms with E-state index in [0.29, 0.717) is 18.8 Å². The zero-order valence-corrected chi connectivity index (χ0v) is 8.46. The smallest absolute Gasteiger partial charge is 0.315 e. The Hall–Kier alpha value is -1.52. The van der Waals surface area contributed by atoms with Crippen LogP contribution in [0.1, 0.15) is 24.8 Å². The SMILES string of the molecule is CCCNC(=O)NCc1ocnc1C. The number of carbonyl (C=O) groups excluding carboxylic acids is 1. The molecule has 0 aliphatic rings. The van der Waals surface area contributed by atoms with Gasteiger partial charge in [0.2, 0.25) is 0 Å². The number of oxazole rings is 1. The average molecular weight is 197 g/mol. The summed E-state index contributed by atoms with van der Waals surface area (Å²) in [6.45, 7) is 4.90. The highest BCUT2D eigenvalue weighted by atomic mass is 16.3. The predicted octanol–water partition coefficient (Wildman–Crippen LogP) is 1.19. The van der Waals surface area contributed by atoms with E-state index >= 15 is 0 Å². The Morgan fingerprint density at radius 1 is 1.57 bits per heavy atom. The van der Waals surface area contributed by atoms with Crippen LogP contribution in [0.15, 0.2) is 10.8 Å². The molecule has 1 heterocycles. The van der Waals surface area contributed by atoms with E-state index in [9.17, 15) is 4.79 Å². The van der Waals surface area contributed by atoms with Gasteiger partial charge in [-0.2, -0.15) is 0 Å². The first-order chi connectivity index (χ1) is 6.74. The van der Waals surface area contributed by atoms with E-state index in [1.165, 1.54) is 6.39 Å². The van der Waals surface area contributed by atoms with Gasteiger partial charge in [-0.3, -0.25) is 0 Å². The van der Waals surface area contributed by atoms with E-state index in [1.807, 2.05) is 13.8 Å². The van der Waals surface area contributed by atoms with Crippen molar-refractivity contribution in [3.63, 3.8) is 0 Å². The predicted molar refractivity (Wildman–Crippen MR) is 51.8 cm³/mol. The van der Waals surface area contributed by atoms with Crippen LogP contribution in [0, 0.1) is 6.92 Å². The van der Waals surface area contributed by atoms with Gasteiger partial charge in [0, 0.05) is 6.54 Å². The average Bonchev–Trinajstić information content (AvgIpc) is 2.58. The molecule has 0 atom stereocenters. The Bertz CT molecular complexity index is 296. The molecular formula is C9H15N3O2. The van der Waals surface area contributed by atoms with Crippen LogP contribution < -0.4 is 10.6 Å². The van der Waals surface area contributed by atoms with Crippen molar-refractivity contribution in [2.24, 2.45) is 0 Å².